The van der Waals surface area contributed by atoms with Crippen LogP contribution in [0.5, 0.6) is 0 Å². The SMILES string of the molecule is CCNC(=NCc1ccc(-n2cccn2)cc1)NCc1sccc1C.I. The summed E-state index contributed by atoms with van der Waals surface area (Å²) in [5.41, 5.74) is 3.54. The van der Waals surface area contributed by atoms with E-state index in [1.165, 1.54) is 16.0 Å². The van der Waals surface area contributed by atoms with E-state index in [0.717, 1.165) is 24.7 Å². The number of halogens is 1. The molecular formula is C19H24IN5S. The van der Waals surface area contributed by atoms with Crippen molar-refractivity contribution in [2.45, 2.75) is 26.9 Å². The number of benzene rings is 1. The minimum Gasteiger partial charge on any atom is -0.357 e. The van der Waals surface area contributed by atoms with E-state index in [1.54, 1.807) is 17.5 Å². The number of guanidine groups is 1. The molecule has 0 amide bonds. The second-order valence-electron chi connectivity index (χ2n) is 5.69. The van der Waals surface area contributed by atoms with Gasteiger partial charge in [0.05, 0.1) is 18.8 Å². The second kappa shape index (κ2) is 10.3. The summed E-state index contributed by atoms with van der Waals surface area (Å²) >= 11 is 1.77. The van der Waals surface area contributed by atoms with Gasteiger partial charge in [0.2, 0.25) is 0 Å². The Morgan fingerprint density at radius 3 is 2.62 bits per heavy atom. The van der Waals surface area contributed by atoms with Crippen LogP contribution in [0.2, 0.25) is 0 Å². The fraction of sp³-hybridized carbons (Fsp3) is 0.263. The molecule has 1 aromatic carbocycles. The summed E-state index contributed by atoms with van der Waals surface area (Å²) in [5.74, 6) is 0.839. The van der Waals surface area contributed by atoms with Gasteiger partial charge in [0.15, 0.2) is 5.96 Å². The Morgan fingerprint density at radius 1 is 1.19 bits per heavy atom. The third-order valence-corrected chi connectivity index (χ3v) is 4.88. The van der Waals surface area contributed by atoms with Gasteiger partial charge in [-0.1, -0.05) is 12.1 Å². The monoisotopic (exact) mass is 481 g/mol. The highest BCUT2D eigenvalue weighted by molar-refractivity contribution is 14.0. The summed E-state index contributed by atoms with van der Waals surface area (Å²) in [4.78, 5) is 6.02. The zero-order chi connectivity index (χ0) is 17.5. The van der Waals surface area contributed by atoms with Crippen LogP contribution in [-0.2, 0) is 13.1 Å². The summed E-state index contributed by atoms with van der Waals surface area (Å²) < 4.78 is 1.85. The minimum atomic E-state index is 0. The van der Waals surface area contributed by atoms with Crippen molar-refractivity contribution in [1.29, 1.82) is 0 Å². The third kappa shape index (κ3) is 5.57. The van der Waals surface area contributed by atoms with Gasteiger partial charge >= 0.3 is 0 Å². The van der Waals surface area contributed by atoms with Crippen LogP contribution in [0, 0.1) is 6.92 Å². The Morgan fingerprint density at radius 2 is 2.00 bits per heavy atom. The van der Waals surface area contributed by atoms with Gasteiger partial charge in [-0.05, 0) is 54.6 Å². The molecule has 0 aliphatic heterocycles. The van der Waals surface area contributed by atoms with Crippen LogP contribution in [-0.4, -0.2) is 22.3 Å². The highest BCUT2D eigenvalue weighted by Crippen LogP contribution is 2.14. The van der Waals surface area contributed by atoms with Gasteiger partial charge in [-0.3, -0.25) is 0 Å². The Balaban J connectivity index is 0.00000243. The Labute approximate surface area is 175 Å². The topological polar surface area (TPSA) is 54.2 Å². The summed E-state index contributed by atoms with van der Waals surface area (Å²) in [6.07, 6.45) is 3.72. The molecule has 26 heavy (non-hydrogen) atoms. The van der Waals surface area contributed by atoms with Gasteiger partial charge in [0.1, 0.15) is 0 Å². The van der Waals surface area contributed by atoms with Crippen molar-refractivity contribution in [3.05, 3.63) is 70.2 Å². The second-order valence-corrected chi connectivity index (χ2v) is 6.69. The smallest absolute Gasteiger partial charge is 0.191 e. The molecule has 2 N–H and O–H groups in total. The lowest BCUT2D eigenvalue weighted by Gasteiger charge is -2.11. The zero-order valence-corrected chi connectivity index (χ0v) is 18.1. The Kier molecular flexibility index (Phi) is 8.11. The fourth-order valence-electron chi connectivity index (χ4n) is 2.44. The van der Waals surface area contributed by atoms with Crippen molar-refractivity contribution >= 4 is 41.3 Å². The van der Waals surface area contributed by atoms with E-state index < -0.39 is 0 Å². The fourth-order valence-corrected chi connectivity index (χ4v) is 3.28. The van der Waals surface area contributed by atoms with Crippen LogP contribution in [0.1, 0.15) is 22.9 Å². The van der Waals surface area contributed by atoms with Crippen LogP contribution in [0.25, 0.3) is 5.69 Å². The van der Waals surface area contributed by atoms with Crippen LogP contribution in [0.3, 0.4) is 0 Å². The van der Waals surface area contributed by atoms with E-state index in [1.807, 2.05) is 16.9 Å². The Hall–Kier alpha value is -1.87. The number of aliphatic imine (C=N–C) groups is 1. The number of nitrogens with one attached hydrogen (secondary N) is 2. The molecule has 0 radical (unpaired) electrons. The van der Waals surface area contributed by atoms with Crippen molar-refractivity contribution in [3.8, 4) is 5.69 Å². The lowest BCUT2D eigenvalue weighted by Crippen LogP contribution is -2.36. The normalized spacial score (nSPS) is 11.1. The molecule has 0 aliphatic carbocycles. The molecular weight excluding hydrogens is 457 g/mol. The van der Waals surface area contributed by atoms with Crippen molar-refractivity contribution in [1.82, 2.24) is 20.4 Å². The van der Waals surface area contributed by atoms with E-state index in [4.69, 9.17) is 0 Å². The van der Waals surface area contributed by atoms with Gasteiger partial charge in [-0.15, -0.1) is 35.3 Å². The Bertz CT molecular complexity index is 809. The number of rotatable bonds is 6. The highest BCUT2D eigenvalue weighted by atomic mass is 127. The summed E-state index contributed by atoms with van der Waals surface area (Å²) in [5, 5.41) is 13.1. The number of hydrogen-bond acceptors (Lipinski definition) is 3. The maximum absolute atomic E-state index is 4.68. The minimum absolute atomic E-state index is 0. The lowest BCUT2D eigenvalue weighted by atomic mass is 10.2. The molecule has 138 valence electrons. The molecule has 0 atom stereocenters. The molecule has 7 heteroatoms. The summed E-state index contributed by atoms with van der Waals surface area (Å²) in [6.45, 7) is 6.49. The number of aryl methyl sites for hydroxylation is 1. The predicted molar refractivity (Wildman–Crippen MR) is 120 cm³/mol. The molecule has 0 bridgehead atoms. The first-order valence-electron chi connectivity index (χ1n) is 8.40. The molecule has 5 nitrogen and oxygen atoms in total. The van der Waals surface area contributed by atoms with Crippen molar-refractivity contribution in [2.24, 2.45) is 4.99 Å². The predicted octanol–water partition coefficient (Wildman–Crippen LogP) is 4.12. The average Bonchev–Trinajstić information content (AvgIpc) is 3.30. The molecule has 0 unspecified atom stereocenters. The van der Waals surface area contributed by atoms with E-state index in [0.29, 0.717) is 6.54 Å². The van der Waals surface area contributed by atoms with Crippen molar-refractivity contribution < 1.29 is 0 Å². The first kappa shape index (κ1) is 20.4. The first-order chi connectivity index (χ1) is 12.3. The molecule has 0 saturated heterocycles. The van der Waals surface area contributed by atoms with Gasteiger partial charge in [0.25, 0.3) is 0 Å². The highest BCUT2D eigenvalue weighted by Gasteiger charge is 2.02. The van der Waals surface area contributed by atoms with Crippen LogP contribution in [0.4, 0.5) is 0 Å². The number of aromatic nitrogens is 2. The number of nitrogens with zero attached hydrogens (tertiary/aromatic N) is 3. The average molecular weight is 481 g/mol. The first-order valence-corrected chi connectivity index (χ1v) is 9.28. The maximum Gasteiger partial charge on any atom is 0.191 e. The largest absolute Gasteiger partial charge is 0.357 e. The zero-order valence-electron chi connectivity index (χ0n) is 15.0. The standard InChI is InChI=1S/C19H23N5S.HI/c1-3-20-19(22-14-18-15(2)9-12-25-18)21-13-16-5-7-17(8-6-16)24-11-4-10-23-24;/h4-12H,3,13-14H2,1-2H3,(H2,20,21,22);1H. The van der Waals surface area contributed by atoms with Crippen molar-refractivity contribution in [2.75, 3.05) is 6.54 Å². The van der Waals surface area contributed by atoms with Gasteiger partial charge < -0.3 is 10.6 Å². The lowest BCUT2D eigenvalue weighted by molar-refractivity contribution is 0.820. The summed E-state index contributed by atoms with van der Waals surface area (Å²) in [6, 6.07) is 12.4. The molecule has 0 saturated carbocycles. The third-order valence-electron chi connectivity index (χ3n) is 3.85. The van der Waals surface area contributed by atoms with Crippen molar-refractivity contribution in [3.63, 3.8) is 0 Å². The van der Waals surface area contributed by atoms with E-state index in [2.05, 4.69) is 70.3 Å². The number of thiophene rings is 1. The molecule has 0 fully saturated rings. The van der Waals surface area contributed by atoms with Crippen LogP contribution < -0.4 is 10.6 Å². The molecule has 0 aliphatic rings. The molecule has 0 spiro atoms. The summed E-state index contributed by atoms with van der Waals surface area (Å²) in [7, 11) is 0. The van der Waals surface area contributed by atoms with Crippen LogP contribution in [0.15, 0.2) is 59.2 Å². The quantitative estimate of drug-likeness (QED) is 0.317. The van der Waals surface area contributed by atoms with Gasteiger partial charge in [-0.2, -0.15) is 5.10 Å². The number of hydrogen-bond donors (Lipinski definition) is 2. The molecule has 3 rings (SSSR count). The van der Waals surface area contributed by atoms with Gasteiger partial charge in [0, 0.05) is 23.8 Å². The maximum atomic E-state index is 4.68. The van der Waals surface area contributed by atoms with E-state index in [-0.39, 0.29) is 24.0 Å². The van der Waals surface area contributed by atoms with Gasteiger partial charge in [-0.25, -0.2) is 9.67 Å². The molecule has 2 heterocycles. The van der Waals surface area contributed by atoms with E-state index in [9.17, 15) is 0 Å². The molecule has 2 aromatic heterocycles. The van der Waals surface area contributed by atoms with E-state index >= 15 is 0 Å². The van der Waals surface area contributed by atoms with Crippen LogP contribution >= 0.6 is 35.3 Å². The molecule has 3 aromatic rings.